The first-order chi connectivity index (χ1) is 15.4. The predicted molar refractivity (Wildman–Crippen MR) is 128 cm³/mol. The van der Waals surface area contributed by atoms with Crippen molar-refractivity contribution in [1.82, 2.24) is 19.8 Å². The molecule has 1 aromatic heterocycles. The highest BCUT2D eigenvalue weighted by molar-refractivity contribution is 5.78. The van der Waals surface area contributed by atoms with Crippen molar-refractivity contribution in [3.8, 4) is 0 Å². The Balaban J connectivity index is 1.34. The van der Waals surface area contributed by atoms with E-state index in [9.17, 15) is 9.59 Å². The highest BCUT2D eigenvalue weighted by Crippen LogP contribution is 2.18. The molecule has 2 heterocycles. The Morgan fingerprint density at radius 3 is 2.47 bits per heavy atom. The van der Waals surface area contributed by atoms with Crippen LogP contribution in [0.4, 0.5) is 0 Å². The van der Waals surface area contributed by atoms with Crippen LogP contribution in [0.1, 0.15) is 41.6 Å². The third-order valence-electron chi connectivity index (χ3n) is 6.49. The number of carbonyl (C=O) groups is 1. The van der Waals surface area contributed by atoms with Gasteiger partial charge in [0.2, 0.25) is 5.91 Å². The molecule has 1 fully saturated rings. The van der Waals surface area contributed by atoms with Crippen molar-refractivity contribution in [2.45, 2.75) is 59.2 Å². The number of likely N-dealkylation sites (tertiary alicyclic amines) is 1. The zero-order valence-electron chi connectivity index (χ0n) is 19.2. The molecule has 1 aliphatic heterocycles. The molecule has 168 valence electrons. The van der Waals surface area contributed by atoms with Gasteiger partial charge in [-0.15, -0.1) is 0 Å². The van der Waals surface area contributed by atoms with Gasteiger partial charge in [0.25, 0.3) is 5.56 Å². The summed E-state index contributed by atoms with van der Waals surface area (Å²) in [4.78, 5) is 32.3. The number of hydrogen-bond donors (Lipinski definition) is 1. The van der Waals surface area contributed by atoms with Crippen LogP contribution < -0.4 is 10.9 Å². The second-order valence-corrected chi connectivity index (χ2v) is 8.93. The molecule has 1 saturated heterocycles. The van der Waals surface area contributed by atoms with Gasteiger partial charge in [-0.2, -0.15) is 0 Å². The van der Waals surface area contributed by atoms with Crippen LogP contribution in [0.25, 0.3) is 11.0 Å². The molecule has 2 aromatic carbocycles. The van der Waals surface area contributed by atoms with Gasteiger partial charge in [0, 0.05) is 38.6 Å². The van der Waals surface area contributed by atoms with Crippen molar-refractivity contribution in [3.63, 3.8) is 0 Å². The van der Waals surface area contributed by atoms with Crippen LogP contribution in [0.5, 0.6) is 0 Å². The highest BCUT2D eigenvalue weighted by atomic mass is 16.2. The second kappa shape index (κ2) is 9.65. The lowest BCUT2D eigenvalue weighted by atomic mass is 10.0. The Morgan fingerprint density at radius 2 is 1.75 bits per heavy atom. The maximum atomic E-state index is 12.7. The van der Waals surface area contributed by atoms with Crippen LogP contribution >= 0.6 is 0 Å². The van der Waals surface area contributed by atoms with E-state index in [0.717, 1.165) is 54.6 Å². The number of carbonyl (C=O) groups excluding carboxylic acids is 1. The topological polar surface area (TPSA) is 67.2 Å². The van der Waals surface area contributed by atoms with Gasteiger partial charge in [-0.25, -0.2) is 4.98 Å². The fourth-order valence-electron chi connectivity index (χ4n) is 4.44. The smallest absolute Gasteiger partial charge is 0.272 e. The molecule has 0 bridgehead atoms. The van der Waals surface area contributed by atoms with E-state index in [-0.39, 0.29) is 23.9 Å². The van der Waals surface area contributed by atoms with E-state index in [4.69, 9.17) is 0 Å². The molecule has 0 spiro atoms. The number of aromatic nitrogens is 2. The van der Waals surface area contributed by atoms with Crippen molar-refractivity contribution >= 4 is 16.9 Å². The summed E-state index contributed by atoms with van der Waals surface area (Å²) in [6.07, 6.45) is 2.19. The molecular weight excluding hydrogens is 400 g/mol. The van der Waals surface area contributed by atoms with Crippen molar-refractivity contribution in [2.24, 2.45) is 0 Å². The van der Waals surface area contributed by atoms with E-state index in [1.54, 1.807) is 11.5 Å². The Kier molecular flexibility index (Phi) is 6.70. The fraction of sp³-hybridized carbons (Fsp3) is 0.423. The largest absolute Gasteiger partial charge is 0.353 e. The zero-order chi connectivity index (χ0) is 22.7. The molecule has 0 radical (unpaired) electrons. The second-order valence-electron chi connectivity index (χ2n) is 8.93. The summed E-state index contributed by atoms with van der Waals surface area (Å²) in [7, 11) is 0. The Morgan fingerprint density at radius 1 is 1.06 bits per heavy atom. The molecule has 6 nitrogen and oxygen atoms in total. The Hall–Kier alpha value is -2.99. The number of nitrogens with one attached hydrogen (secondary N) is 1. The average molecular weight is 433 g/mol. The van der Waals surface area contributed by atoms with Crippen LogP contribution in [0.15, 0.2) is 47.3 Å². The number of nitrogens with zero attached hydrogens (tertiary/aromatic N) is 3. The van der Waals surface area contributed by atoms with Crippen LogP contribution in [0.2, 0.25) is 0 Å². The van der Waals surface area contributed by atoms with Gasteiger partial charge in [0.05, 0.1) is 11.0 Å². The fourth-order valence-corrected chi connectivity index (χ4v) is 4.44. The molecule has 0 atom stereocenters. The molecule has 0 aliphatic carbocycles. The molecule has 32 heavy (non-hydrogen) atoms. The molecule has 0 saturated carbocycles. The molecule has 1 amide bonds. The van der Waals surface area contributed by atoms with Crippen LogP contribution in [0.3, 0.4) is 0 Å². The van der Waals surface area contributed by atoms with Gasteiger partial charge in [-0.1, -0.05) is 30.3 Å². The number of fused-ring (bicyclic) bond motifs is 1. The van der Waals surface area contributed by atoms with Crippen molar-refractivity contribution in [3.05, 3.63) is 75.2 Å². The summed E-state index contributed by atoms with van der Waals surface area (Å²) in [6.45, 7) is 9.08. The van der Waals surface area contributed by atoms with Gasteiger partial charge < -0.3 is 9.88 Å². The first kappa shape index (κ1) is 22.2. The number of hydrogen-bond acceptors (Lipinski definition) is 4. The summed E-state index contributed by atoms with van der Waals surface area (Å²) in [5.41, 5.74) is 5.52. The van der Waals surface area contributed by atoms with E-state index in [1.165, 1.54) is 5.56 Å². The van der Waals surface area contributed by atoms with E-state index in [0.29, 0.717) is 12.2 Å². The summed E-state index contributed by atoms with van der Waals surface area (Å²) >= 11 is 0. The molecule has 0 unspecified atom stereocenters. The number of amides is 1. The van der Waals surface area contributed by atoms with Crippen LogP contribution in [-0.4, -0.2) is 39.5 Å². The van der Waals surface area contributed by atoms with E-state index >= 15 is 0 Å². The van der Waals surface area contributed by atoms with Gasteiger partial charge >= 0.3 is 0 Å². The Labute approximate surface area is 189 Å². The first-order valence-corrected chi connectivity index (χ1v) is 11.4. The molecule has 4 rings (SSSR count). The van der Waals surface area contributed by atoms with Crippen LogP contribution in [0, 0.1) is 20.8 Å². The molecule has 1 aliphatic rings. The molecule has 6 heteroatoms. The van der Waals surface area contributed by atoms with Gasteiger partial charge in [-0.3, -0.25) is 14.5 Å². The third-order valence-corrected chi connectivity index (χ3v) is 6.49. The van der Waals surface area contributed by atoms with E-state index in [1.807, 2.05) is 32.0 Å². The summed E-state index contributed by atoms with van der Waals surface area (Å²) in [6, 6.07) is 14.7. The summed E-state index contributed by atoms with van der Waals surface area (Å²) < 4.78 is 1.70. The normalized spacial score (nSPS) is 15.2. The number of piperidine rings is 1. The SMILES string of the molecule is Cc1cc2nc(C)c(=O)n(CCC(=O)NC3CCN(Cc4ccccc4)CC3)c2cc1C. The lowest BCUT2D eigenvalue weighted by Crippen LogP contribution is -2.44. The van der Waals surface area contributed by atoms with Crippen molar-refractivity contribution in [1.29, 1.82) is 0 Å². The average Bonchev–Trinajstić information content (AvgIpc) is 2.78. The van der Waals surface area contributed by atoms with Gasteiger partial charge in [0.1, 0.15) is 5.69 Å². The predicted octanol–water partition coefficient (Wildman–Crippen LogP) is 3.49. The minimum atomic E-state index is -0.122. The standard InChI is InChI=1S/C26H32N4O2/c1-18-15-23-24(16-19(18)2)30(26(32)20(3)27-23)14-11-25(31)28-22-9-12-29(13-10-22)17-21-7-5-4-6-8-21/h4-8,15-16,22H,9-14,17H2,1-3H3,(H,28,31). The number of rotatable bonds is 6. The maximum absolute atomic E-state index is 12.7. The Bertz CT molecular complexity index is 1160. The lowest BCUT2D eigenvalue weighted by Gasteiger charge is -2.32. The van der Waals surface area contributed by atoms with Crippen molar-refractivity contribution in [2.75, 3.05) is 13.1 Å². The van der Waals surface area contributed by atoms with Gasteiger partial charge in [0.15, 0.2) is 0 Å². The van der Waals surface area contributed by atoms with Gasteiger partial charge in [-0.05, 0) is 62.4 Å². The summed E-state index contributed by atoms with van der Waals surface area (Å²) in [5.74, 6) is 0.00450. The quantitative estimate of drug-likeness (QED) is 0.648. The minimum Gasteiger partial charge on any atom is -0.353 e. The first-order valence-electron chi connectivity index (χ1n) is 11.4. The molecule has 3 aromatic rings. The number of benzene rings is 2. The van der Waals surface area contributed by atoms with Crippen molar-refractivity contribution < 1.29 is 4.79 Å². The summed E-state index contributed by atoms with van der Waals surface area (Å²) in [5, 5.41) is 3.18. The zero-order valence-corrected chi connectivity index (χ0v) is 19.2. The monoisotopic (exact) mass is 432 g/mol. The third kappa shape index (κ3) is 5.07. The highest BCUT2D eigenvalue weighted by Gasteiger charge is 2.21. The molecule has 1 N–H and O–H groups in total. The number of aryl methyl sites for hydroxylation is 4. The minimum absolute atomic E-state index is 0.00450. The van der Waals surface area contributed by atoms with Crippen LogP contribution in [-0.2, 0) is 17.9 Å². The van der Waals surface area contributed by atoms with E-state index in [2.05, 4.69) is 39.5 Å². The lowest BCUT2D eigenvalue weighted by molar-refractivity contribution is -0.122. The van der Waals surface area contributed by atoms with E-state index < -0.39 is 0 Å². The molecular formula is C26H32N4O2. The maximum Gasteiger partial charge on any atom is 0.272 e.